The van der Waals surface area contributed by atoms with Crippen LogP contribution in [0.4, 0.5) is 10.5 Å². The van der Waals surface area contributed by atoms with Crippen LogP contribution in [0.15, 0.2) is 30.9 Å². The van der Waals surface area contributed by atoms with Crippen LogP contribution in [0.1, 0.15) is 10.4 Å². The Kier molecular flexibility index (Phi) is 6.37. The monoisotopic (exact) mass is 367 g/mol. The number of ether oxygens (including phenoxy) is 1. The third-order valence-electron chi connectivity index (χ3n) is 3.55. The number of rotatable bonds is 7. The first-order valence-corrected chi connectivity index (χ1v) is 8.50. The van der Waals surface area contributed by atoms with E-state index in [1.54, 1.807) is 11.0 Å². The molecule has 0 radical (unpaired) electrons. The van der Waals surface area contributed by atoms with Crippen LogP contribution in [0.3, 0.4) is 0 Å². The molecule has 1 saturated heterocycles. The predicted molar refractivity (Wildman–Crippen MR) is 92.0 cm³/mol. The van der Waals surface area contributed by atoms with Crippen LogP contribution >= 0.6 is 0 Å². The zero-order valence-electron chi connectivity index (χ0n) is 13.6. The molecule has 25 heavy (non-hydrogen) atoms. The quantitative estimate of drug-likeness (QED) is 0.470. The van der Waals surface area contributed by atoms with E-state index in [0.717, 1.165) is 0 Å². The molecule has 1 fully saturated rings. The fraction of sp³-hybridized carbons (Fsp3) is 0.333. The number of nitrogens with zero attached hydrogens (tertiary/aromatic N) is 1. The molecule has 2 rings (SSSR count). The first-order valence-electron chi connectivity index (χ1n) is 7.43. The molecule has 0 saturated carbocycles. The van der Waals surface area contributed by atoms with E-state index in [9.17, 15) is 18.4 Å². The smallest absolute Gasteiger partial charge is 0.315 e. The molecule has 1 unspecified atom stereocenters. The minimum absolute atomic E-state index is 0.112. The number of benzene rings is 1. The summed E-state index contributed by atoms with van der Waals surface area (Å²) in [6, 6.07) is 4.02. The van der Waals surface area contributed by atoms with Gasteiger partial charge in [-0.05, 0) is 18.2 Å². The van der Waals surface area contributed by atoms with Crippen LogP contribution in [0, 0.1) is 0 Å². The number of carbonyl (C=O) groups excluding carboxylic acids is 2. The summed E-state index contributed by atoms with van der Waals surface area (Å²) in [5.41, 5.74) is 0.614. The molecule has 3 N–H and O–H groups in total. The minimum Gasteiger partial charge on any atom is -0.755 e. The second-order valence-electron chi connectivity index (χ2n) is 5.30. The molecule has 0 aromatic heterocycles. The summed E-state index contributed by atoms with van der Waals surface area (Å²) in [4.78, 5) is 25.5. The lowest BCUT2D eigenvalue weighted by atomic mass is 10.1. The van der Waals surface area contributed by atoms with Crippen molar-refractivity contribution in [1.82, 2.24) is 15.5 Å². The summed E-state index contributed by atoms with van der Waals surface area (Å²) >= 11 is -2.49. The molecule has 1 atom stereocenters. The zero-order valence-corrected chi connectivity index (χ0v) is 14.4. The van der Waals surface area contributed by atoms with Crippen molar-refractivity contribution in [3.63, 3.8) is 0 Å². The fourth-order valence-electron chi connectivity index (χ4n) is 2.32. The number of methoxy groups -OCH3 is 1. The van der Waals surface area contributed by atoms with Gasteiger partial charge in [0.2, 0.25) is 0 Å². The number of likely N-dealkylation sites (tertiary alicyclic amines) is 1. The highest BCUT2D eigenvalue weighted by atomic mass is 32.2. The summed E-state index contributed by atoms with van der Waals surface area (Å²) in [6.45, 7) is 4.67. The molecule has 1 aliphatic rings. The van der Waals surface area contributed by atoms with Crippen molar-refractivity contribution in [1.29, 1.82) is 0 Å². The van der Waals surface area contributed by atoms with E-state index in [1.165, 1.54) is 25.3 Å². The van der Waals surface area contributed by atoms with Crippen molar-refractivity contribution in [3.8, 4) is 5.75 Å². The Morgan fingerprint density at radius 1 is 1.48 bits per heavy atom. The molecule has 136 valence electrons. The Bertz CT molecular complexity index is 690. The molecule has 0 bridgehead atoms. The van der Waals surface area contributed by atoms with Gasteiger partial charge >= 0.3 is 6.03 Å². The van der Waals surface area contributed by atoms with Crippen molar-refractivity contribution >= 4 is 28.9 Å². The highest BCUT2D eigenvalue weighted by Gasteiger charge is 2.32. The summed E-state index contributed by atoms with van der Waals surface area (Å²) in [5.74, 6) is 0.0201. The van der Waals surface area contributed by atoms with Crippen molar-refractivity contribution in [2.24, 2.45) is 0 Å². The largest absolute Gasteiger partial charge is 0.755 e. The Hall–Kier alpha value is -2.59. The van der Waals surface area contributed by atoms with Crippen molar-refractivity contribution < 1.29 is 23.1 Å². The van der Waals surface area contributed by atoms with E-state index < -0.39 is 11.3 Å². The first-order chi connectivity index (χ1) is 11.9. The first kappa shape index (κ1) is 18.7. The van der Waals surface area contributed by atoms with Crippen LogP contribution in [0.5, 0.6) is 5.75 Å². The molecule has 0 spiro atoms. The average Bonchev–Trinajstić information content (AvgIpc) is 2.55. The SMILES string of the molecule is C=CCNC(=O)NC1CN(C(=O)c2ccc(NS(=O)[O-])c(OC)c2)C1. The van der Waals surface area contributed by atoms with Crippen LogP contribution in [0.25, 0.3) is 0 Å². The highest BCUT2D eigenvalue weighted by molar-refractivity contribution is 7.80. The number of anilines is 1. The molecular formula is C15H19N4O5S-. The van der Waals surface area contributed by atoms with E-state index in [0.29, 0.717) is 25.2 Å². The minimum atomic E-state index is -2.49. The maximum absolute atomic E-state index is 12.4. The van der Waals surface area contributed by atoms with Crippen molar-refractivity contribution in [2.45, 2.75) is 6.04 Å². The Labute approximate surface area is 147 Å². The molecule has 1 heterocycles. The number of nitrogens with one attached hydrogen (secondary N) is 3. The average molecular weight is 367 g/mol. The third kappa shape index (κ3) is 4.94. The van der Waals surface area contributed by atoms with Gasteiger partial charge in [-0.15, -0.1) is 6.58 Å². The highest BCUT2D eigenvalue weighted by Crippen LogP contribution is 2.27. The van der Waals surface area contributed by atoms with Gasteiger partial charge in [0.15, 0.2) is 0 Å². The van der Waals surface area contributed by atoms with Gasteiger partial charge < -0.3 is 29.5 Å². The number of amides is 3. The number of hydrogen-bond donors (Lipinski definition) is 3. The topological polar surface area (TPSA) is 123 Å². The normalized spacial score (nSPS) is 14.9. The van der Waals surface area contributed by atoms with Gasteiger partial charge in [0.05, 0.1) is 18.8 Å². The Morgan fingerprint density at radius 3 is 2.80 bits per heavy atom. The van der Waals surface area contributed by atoms with Crippen molar-refractivity contribution in [3.05, 3.63) is 36.4 Å². The van der Waals surface area contributed by atoms with Gasteiger partial charge in [-0.2, -0.15) is 0 Å². The lowest BCUT2D eigenvalue weighted by Gasteiger charge is -2.39. The van der Waals surface area contributed by atoms with E-state index >= 15 is 0 Å². The second-order valence-corrected chi connectivity index (χ2v) is 5.98. The van der Waals surface area contributed by atoms with Gasteiger partial charge in [-0.25, -0.2) is 4.79 Å². The molecular weight excluding hydrogens is 348 g/mol. The fourth-order valence-corrected chi connectivity index (χ4v) is 2.67. The van der Waals surface area contributed by atoms with Crippen molar-refractivity contribution in [2.75, 3.05) is 31.5 Å². The summed E-state index contributed by atoms with van der Waals surface area (Å²) in [7, 11) is 1.38. The predicted octanol–water partition coefficient (Wildman–Crippen LogP) is 0.211. The molecule has 1 aliphatic heterocycles. The second kappa shape index (κ2) is 8.49. The standard InChI is InChI=1S/C15H20N4O5S/c1-3-6-16-15(21)17-11-8-19(9-11)14(20)10-4-5-12(18-25(22)23)13(7-10)24-2/h3-5,7,11,18H,1,6,8-9H2,2H3,(H,22,23)(H2,16,17,21)/p-1. The summed E-state index contributed by atoms with van der Waals surface area (Å²) < 4.78 is 28.7. The van der Waals surface area contributed by atoms with Gasteiger partial charge in [0, 0.05) is 36.5 Å². The van der Waals surface area contributed by atoms with Gasteiger partial charge in [-0.3, -0.25) is 9.00 Å². The zero-order chi connectivity index (χ0) is 18.4. The lowest BCUT2D eigenvalue weighted by molar-refractivity contribution is 0.0577. The molecule has 9 nitrogen and oxygen atoms in total. The van der Waals surface area contributed by atoms with Gasteiger partial charge in [0.1, 0.15) is 5.75 Å². The Morgan fingerprint density at radius 2 is 2.20 bits per heavy atom. The summed E-state index contributed by atoms with van der Waals surface area (Å²) in [5, 5.41) is 5.34. The van der Waals surface area contributed by atoms with E-state index in [2.05, 4.69) is 21.9 Å². The number of urea groups is 1. The molecule has 10 heteroatoms. The maximum Gasteiger partial charge on any atom is 0.315 e. The van der Waals surface area contributed by atoms with Crippen LogP contribution < -0.4 is 20.1 Å². The maximum atomic E-state index is 12.4. The van der Waals surface area contributed by atoms with Crippen LogP contribution in [-0.4, -0.2) is 58.4 Å². The van der Waals surface area contributed by atoms with Crippen LogP contribution in [-0.2, 0) is 11.3 Å². The van der Waals surface area contributed by atoms with E-state index in [-0.39, 0.29) is 29.4 Å². The summed E-state index contributed by atoms with van der Waals surface area (Å²) in [6.07, 6.45) is 1.57. The molecule has 1 aromatic rings. The third-order valence-corrected chi connectivity index (χ3v) is 3.94. The number of carbonyl (C=O) groups is 2. The lowest BCUT2D eigenvalue weighted by Crippen LogP contribution is -2.62. The van der Waals surface area contributed by atoms with Gasteiger partial charge in [0.25, 0.3) is 5.91 Å². The number of hydrogen-bond acceptors (Lipinski definition) is 5. The van der Waals surface area contributed by atoms with E-state index in [1.807, 2.05) is 0 Å². The van der Waals surface area contributed by atoms with Crippen LogP contribution in [0.2, 0.25) is 0 Å². The molecule has 3 amide bonds. The Balaban J connectivity index is 1.93. The molecule has 1 aromatic carbocycles. The van der Waals surface area contributed by atoms with E-state index in [4.69, 9.17) is 4.74 Å². The van der Waals surface area contributed by atoms with Gasteiger partial charge in [-0.1, -0.05) is 6.08 Å². The molecule has 0 aliphatic carbocycles.